The first-order chi connectivity index (χ1) is 11.3. The van der Waals surface area contributed by atoms with Crippen molar-refractivity contribution < 1.29 is 0 Å². The first kappa shape index (κ1) is 16.0. The number of anilines is 2. The van der Waals surface area contributed by atoms with Crippen molar-refractivity contribution in [3.8, 4) is 0 Å². The summed E-state index contributed by atoms with van der Waals surface area (Å²) in [6, 6.07) is 14.6. The number of nitrogens with zero attached hydrogens (tertiary/aromatic N) is 3. The molecule has 0 spiro atoms. The molecule has 0 unspecified atom stereocenters. The Morgan fingerprint density at radius 1 is 1.13 bits per heavy atom. The van der Waals surface area contributed by atoms with Gasteiger partial charge in [-0.15, -0.1) is 0 Å². The van der Waals surface area contributed by atoms with E-state index in [1.165, 1.54) is 18.4 Å². The standard InChI is InChI=1S/C19H26N4/c1-22(18-5-3-2-4-6-18)19-8-7-17(14-21-19)15-23-11-9-16(13-20)10-12-23/h2-8,14,16H,9-13,15,20H2,1H3. The highest BCUT2D eigenvalue weighted by Gasteiger charge is 2.18. The first-order valence-corrected chi connectivity index (χ1v) is 8.42. The Morgan fingerprint density at radius 2 is 1.87 bits per heavy atom. The van der Waals surface area contributed by atoms with Crippen LogP contribution in [0.5, 0.6) is 0 Å². The van der Waals surface area contributed by atoms with Gasteiger partial charge >= 0.3 is 0 Å². The van der Waals surface area contributed by atoms with E-state index >= 15 is 0 Å². The van der Waals surface area contributed by atoms with Gasteiger partial charge in [0.1, 0.15) is 5.82 Å². The molecule has 1 aliphatic rings. The number of likely N-dealkylation sites (tertiary alicyclic amines) is 1. The third-order valence-corrected chi connectivity index (χ3v) is 4.74. The molecule has 2 heterocycles. The number of nitrogens with two attached hydrogens (primary N) is 1. The summed E-state index contributed by atoms with van der Waals surface area (Å²) >= 11 is 0. The lowest BCUT2D eigenvalue weighted by Crippen LogP contribution is -2.35. The van der Waals surface area contributed by atoms with Crippen LogP contribution in [0.3, 0.4) is 0 Å². The van der Waals surface area contributed by atoms with Gasteiger partial charge in [-0.2, -0.15) is 0 Å². The van der Waals surface area contributed by atoms with E-state index in [-0.39, 0.29) is 0 Å². The molecule has 122 valence electrons. The van der Waals surface area contributed by atoms with Crippen LogP contribution in [-0.2, 0) is 6.54 Å². The van der Waals surface area contributed by atoms with Gasteiger partial charge in [-0.05, 0) is 62.2 Å². The Balaban J connectivity index is 1.59. The molecule has 0 aliphatic carbocycles. The van der Waals surface area contributed by atoms with E-state index in [0.29, 0.717) is 5.92 Å². The number of aromatic nitrogens is 1. The van der Waals surface area contributed by atoms with Gasteiger partial charge in [0.2, 0.25) is 0 Å². The molecular weight excluding hydrogens is 284 g/mol. The smallest absolute Gasteiger partial charge is 0.132 e. The Hall–Kier alpha value is -1.91. The normalized spacial score (nSPS) is 16.4. The predicted molar refractivity (Wildman–Crippen MR) is 95.8 cm³/mol. The summed E-state index contributed by atoms with van der Waals surface area (Å²) in [6.45, 7) is 4.11. The van der Waals surface area contributed by atoms with Crippen molar-refractivity contribution in [3.05, 3.63) is 54.2 Å². The van der Waals surface area contributed by atoms with Crippen LogP contribution in [-0.4, -0.2) is 36.6 Å². The minimum atomic E-state index is 0.714. The molecule has 0 amide bonds. The van der Waals surface area contributed by atoms with Crippen molar-refractivity contribution in [1.82, 2.24) is 9.88 Å². The average Bonchev–Trinajstić information content (AvgIpc) is 2.63. The number of benzene rings is 1. The molecule has 1 aromatic heterocycles. The molecule has 1 aromatic carbocycles. The van der Waals surface area contributed by atoms with Gasteiger partial charge in [0.15, 0.2) is 0 Å². The maximum absolute atomic E-state index is 5.76. The molecule has 2 N–H and O–H groups in total. The molecule has 0 saturated carbocycles. The minimum absolute atomic E-state index is 0.714. The molecule has 0 atom stereocenters. The quantitative estimate of drug-likeness (QED) is 0.922. The van der Waals surface area contributed by atoms with Gasteiger partial charge in [-0.1, -0.05) is 24.3 Å². The van der Waals surface area contributed by atoms with Gasteiger partial charge in [-0.3, -0.25) is 4.90 Å². The second-order valence-electron chi connectivity index (χ2n) is 6.37. The summed E-state index contributed by atoms with van der Waals surface area (Å²) in [6.07, 6.45) is 4.45. The number of hydrogen-bond donors (Lipinski definition) is 1. The van der Waals surface area contributed by atoms with Crippen molar-refractivity contribution in [2.45, 2.75) is 19.4 Å². The molecule has 1 saturated heterocycles. The fraction of sp³-hybridized carbons (Fsp3) is 0.421. The fourth-order valence-electron chi connectivity index (χ4n) is 3.13. The number of piperidine rings is 1. The Bertz CT molecular complexity index is 589. The SMILES string of the molecule is CN(c1ccccc1)c1ccc(CN2CCC(CN)CC2)cn1. The molecule has 23 heavy (non-hydrogen) atoms. The van der Waals surface area contributed by atoms with Crippen molar-refractivity contribution in [2.75, 3.05) is 31.6 Å². The summed E-state index contributed by atoms with van der Waals surface area (Å²) in [5.74, 6) is 1.69. The third-order valence-electron chi connectivity index (χ3n) is 4.74. The second kappa shape index (κ2) is 7.57. The lowest BCUT2D eigenvalue weighted by atomic mass is 9.97. The van der Waals surface area contributed by atoms with Crippen molar-refractivity contribution >= 4 is 11.5 Å². The summed E-state index contributed by atoms with van der Waals surface area (Å²) < 4.78 is 0. The third kappa shape index (κ3) is 4.09. The van der Waals surface area contributed by atoms with E-state index in [9.17, 15) is 0 Å². The average molecular weight is 310 g/mol. The Morgan fingerprint density at radius 3 is 2.48 bits per heavy atom. The van der Waals surface area contributed by atoms with Crippen LogP contribution in [0.2, 0.25) is 0 Å². The van der Waals surface area contributed by atoms with E-state index < -0.39 is 0 Å². The summed E-state index contributed by atoms with van der Waals surface area (Å²) in [5, 5.41) is 0. The summed E-state index contributed by atoms with van der Waals surface area (Å²) in [5.41, 5.74) is 8.19. The zero-order valence-corrected chi connectivity index (χ0v) is 13.9. The van der Waals surface area contributed by atoms with Gasteiger partial charge < -0.3 is 10.6 Å². The van der Waals surface area contributed by atoms with E-state index in [0.717, 1.165) is 37.7 Å². The molecule has 0 radical (unpaired) electrons. The molecule has 1 fully saturated rings. The maximum atomic E-state index is 5.76. The largest absolute Gasteiger partial charge is 0.330 e. The van der Waals surface area contributed by atoms with Gasteiger partial charge in [-0.25, -0.2) is 4.98 Å². The first-order valence-electron chi connectivity index (χ1n) is 8.42. The number of para-hydroxylation sites is 1. The molecule has 0 bridgehead atoms. The monoisotopic (exact) mass is 310 g/mol. The molecular formula is C19H26N4. The number of rotatable bonds is 5. The van der Waals surface area contributed by atoms with Crippen molar-refractivity contribution in [3.63, 3.8) is 0 Å². The highest BCUT2D eigenvalue weighted by atomic mass is 15.2. The van der Waals surface area contributed by atoms with Crippen LogP contribution in [0.15, 0.2) is 48.7 Å². The van der Waals surface area contributed by atoms with E-state index in [1.807, 2.05) is 24.4 Å². The molecule has 2 aromatic rings. The highest BCUT2D eigenvalue weighted by molar-refractivity contribution is 5.58. The second-order valence-corrected chi connectivity index (χ2v) is 6.37. The minimum Gasteiger partial charge on any atom is -0.330 e. The van der Waals surface area contributed by atoms with Crippen LogP contribution in [0.25, 0.3) is 0 Å². The molecule has 1 aliphatic heterocycles. The predicted octanol–water partition coefficient (Wildman–Crippen LogP) is 3.02. The van der Waals surface area contributed by atoms with Crippen molar-refractivity contribution in [2.24, 2.45) is 11.7 Å². The van der Waals surface area contributed by atoms with Gasteiger partial charge in [0.05, 0.1) is 0 Å². The van der Waals surface area contributed by atoms with Crippen LogP contribution >= 0.6 is 0 Å². The topological polar surface area (TPSA) is 45.4 Å². The summed E-state index contributed by atoms with van der Waals surface area (Å²) in [7, 11) is 2.05. The number of hydrogen-bond acceptors (Lipinski definition) is 4. The molecule has 4 heteroatoms. The van der Waals surface area contributed by atoms with Crippen LogP contribution in [0.1, 0.15) is 18.4 Å². The van der Waals surface area contributed by atoms with E-state index in [2.05, 4.69) is 46.1 Å². The molecule has 3 rings (SSSR count). The highest BCUT2D eigenvalue weighted by Crippen LogP contribution is 2.22. The van der Waals surface area contributed by atoms with Crippen LogP contribution < -0.4 is 10.6 Å². The van der Waals surface area contributed by atoms with Gasteiger partial charge in [0, 0.05) is 25.5 Å². The van der Waals surface area contributed by atoms with E-state index in [4.69, 9.17) is 5.73 Å². The van der Waals surface area contributed by atoms with Crippen LogP contribution in [0.4, 0.5) is 11.5 Å². The fourth-order valence-corrected chi connectivity index (χ4v) is 3.13. The zero-order chi connectivity index (χ0) is 16.1. The lowest BCUT2D eigenvalue weighted by Gasteiger charge is -2.31. The Kier molecular flexibility index (Phi) is 5.26. The summed E-state index contributed by atoms with van der Waals surface area (Å²) in [4.78, 5) is 9.24. The van der Waals surface area contributed by atoms with Crippen LogP contribution in [0, 0.1) is 5.92 Å². The zero-order valence-electron chi connectivity index (χ0n) is 13.9. The maximum Gasteiger partial charge on any atom is 0.132 e. The number of pyridine rings is 1. The van der Waals surface area contributed by atoms with E-state index in [1.54, 1.807) is 0 Å². The van der Waals surface area contributed by atoms with Crippen molar-refractivity contribution in [1.29, 1.82) is 0 Å². The van der Waals surface area contributed by atoms with Gasteiger partial charge in [0.25, 0.3) is 0 Å². The molecule has 4 nitrogen and oxygen atoms in total. The lowest BCUT2D eigenvalue weighted by molar-refractivity contribution is 0.180. The Labute approximate surface area is 138 Å².